The van der Waals surface area contributed by atoms with Gasteiger partial charge in [-0.2, -0.15) is 0 Å². The van der Waals surface area contributed by atoms with E-state index in [0.29, 0.717) is 0 Å². The van der Waals surface area contributed by atoms with Crippen LogP contribution in [0, 0.1) is 0 Å². The van der Waals surface area contributed by atoms with Crippen LogP contribution in [0.25, 0.3) is 0 Å². The first kappa shape index (κ1) is 55.1. The van der Waals surface area contributed by atoms with E-state index in [-0.39, 0.29) is 0 Å². The molecule has 6 saturated heterocycles. The molecule has 20 N–H and O–H groups in total. The van der Waals surface area contributed by atoms with Crippen molar-refractivity contribution in [3.8, 4) is 0 Å². The monoisotopic (exact) mass is 990 g/mol. The molecule has 6 heterocycles. The van der Waals surface area contributed by atoms with Gasteiger partial charge in [0.05, 0.1) is 39.6 Å². The van der Waals surface area contributed by atoms with Crippen molar-refractivity contribution < 1.29 is 154 Å². The number of hydrogen-bond acceptors (Lipinski definition) is 31. The molecule has 6 rings (SSSR count). The van der Waals surface area contributed by atoms with E-state index in [9.17, 15) is 102 Å². The molecule has 0 saturated carbocycles. The van der Waals surface area contributed by atoms with Crippen molar-refractivity contribution >= 4 is 0 Å². The van der Waals surface area contributed by atoms with Gasteiger partial charge in [0, 0.05) is 0 Å². The summed E-state index contributed by atoms with van der Waals surface area (Å²) in [4.78, 5) is 0. The Hall–Kier alpha value is -1.24. The van der Waals surface area contributed by atoms with Gasteiger partial charge in [-0.15, -0.1) is 0 Å². The average Bonchev–Trinajstić information content (AvgIpc) is 3.31. The lowest BCUT2D eigenvalue weighted by Crippen LogP contribution is -2.66. The SMILES string of the molecule is OC[C@H]1O[C@H](O[C@H]2[C@@H](OC[C@H]3O[C@H](O[C@@H]4[C@H](O)[C@@H](O)O[C@H](CO[C@H]5O[C@H](CO)[C@@H](O)[C@H](O)[C@@H]5O[C@H]5O[C@H](CO)[C@@H](O)[C@H](O)[C@@H]5O)[C@H]4O)[C@H](O)[C@@H](O)[C@H]3O)O[C@H](CO)[C@H](O)[C@@H]2O)[C@H](O)[C@@H](O)[C@H]1O. The zero-order chi connectivity index (χ0) is 49.3. The van der Waals surface area contributed by atoms with Crippen LogP contribution in [0.15, 0.2) is 0 Å². The van der Waals surface area contributed by atoms with Crippen molar-refractivity contribution in [2.75, 3.05) is 39.6 Å². The molecule has 31 heteroatoms. The highest BCUT2D eigenvalue weighted by atomic mass is 16.8. The lowest BCUT2D eigenvalue weighted by molar-refractivity contribution is -0.382. The molecule has 67 heavy (non-hydrogen) atoms. The number of aliphatic hydroxyl groups is 20. The van der Waals surface area contributed by atoms with Gasteiger partial charge in [0.25, 0.3) is 0 Å². The molecule has 6 aliphatic rings. The molecule has 0 radical (unpaired) electrons. The van der Waals surface area contributed by atoms with Gasteiger partial charge in [-0.3, -0.25) is 0 Å². The second-order valence-electron chi connectivity index (χ2n) is 16.8. The number of ether oxygens (including phenoxy) is 11. The van der Waals surface area contributed by atoms with Gasteiger partial charge >= 0.3 is 0 Å². The molecule has 0 aromatic rings. The Morgan fingerprint density at radius 3 is 0.896 bits per heavy atom. The van der Waals surface area contributed by atoms with Crippen LogP contribution in [0.1, 0.15) is 0 Å². The smallest absolute Gasteiger partial charge is 0.187 e. The van der Waals surface area contributed by atoms with Crippen molar-refractivity contribution in [1.82, 2.24) is 0 Å². The van der Waals surface area contributed by atoms with E-state index in [1.165, 1.54) is 0 Å². The molecule has 31 nitrogen and oxygen atoms in total. The highest BCUT2D eigenvalue weighted by molar-refractivity contribution is 4.98. The first-order chi connectivity index (χ1) is 31.7. The molecule has 0 bridgehead atoms. The predicted octanol–water partition coefficient (Wildman–Crippen LogP) is -14.1. The van der Waals surface area contributed by atoms with E-state index in [0.717, 1.165) is 0 Å². The number of hydrogen-bond donors (Lipinski definition) is 20. The highest BCUT2D eigenvalue weighted by Crippen LogP contribution is 2.34. The van der Waals surface area contributed by atoms with Crippen LogP contribution in [0.2, 0.25) is 0 Å². The van der Waals surface area contributed by atoms with Crippen molar-refractivity contribution in [1.29, 1.82) is 0 Å². The molecule has 0 aromatic heterocycles. The van der Waals surface area contributed by atoms with Crippen LogP contribution >= 0.6 is 0 Å². The van der Waals surface area contributed by atoms with E-state index in [4.69, 9.17) is 52.1 Å². The first-order valence-electron chi connectivity index (χ1n) is 21.1. The van der Waals surface area contributed by atoms with Crippen molar-refractivity contribution in [3.63, 3.8) is 0 Å². The standard InChI is InChI=1S/C36H62O31/c37-1-7-13(41)19(47)24(52)32(60-7)66-29-22(50)15(43)9(3-39)62-35(29)57-5-11-17(45)21(49)26(54)34(64-11)65-28-18(46)12(59-31(56)27(28)55)6-58-36-30(23(51)16(44)10(4-40)63-36)67-33-25(53)20(48)14(42)8(2-38)61-33/h7-56H,1-6H2/t7-,8-,9-,10-,11-,12-,13+,14-,15+,16-,17+,18-,19+,20+,21+,22+,23+,24-,25+,26-,27+,28+,29-,30+,31+,32-,33-,34-,35+,36+/m1/s1. The third-order valence-corrected chi connectivity index (χ3v) is 12.4. The quantitative estimate of drug-likeness (QED) is 0.0683. The minimum atomic E-state index is -2.20. The fourth-order valence-electron chi connectivity index (χ4n) is 8.26. The van der Waals surface area contributed by atoms with Gasteiger partial charge in [-0.25, -0.2) is 0 Å². The zero-order valence-electron chi connectivity index (χ0n) is 35.0. The van der Waals surface area contributed by atoms with E-state index in [2.05, 4.69) is 0 Å². The topological polar surface area (TPSA) is 506 Å². The Labute approximate surface area is 378 Å². The lowest BCUT2D eigenvalue weighted by atomic mass is 9.96. The van der Waals surface area contributed by atoms with Crippen molar-refractivity contribution in [2.24, 2.45) is 0 Å². The van der Waals surface area contributed by atoms with Crippen LogP contribution in [-0.4, -0.2) is 326 Å². The molecule has 0 aromatic carbocycles. The minimum absolute atomic E-state index is 0.861. The summed E-state index contributed by atoms with van der Waals surface area (Å²) in [5, 5.41) is 209. The lowest BCUT2D eigenvalue weighted by Gasteiger charge is -2.47. The average molecular weight is 991 g/mol. The van der Waals surface area contributed by atoms with Crippen LogP contribution in [0.3, 0.4) is 0 Å². The van der Waals surface area contributed by atoms with Gasteiger partial charge in [0.1, 0.15) is 146 Å². The fourth-order valence-corrected chi connectivity index (χ4v) is 8.26. The summed E-state index contributed by atoms with van der Waals surface area (Å²) < 4.78 is 60.8. The second-order valence-corrected chi connectivity index (χ2v) is 16.8. The van der Waals surface area contributed by atoms with Crippen LogP contribution < -0.4 is 0 Å². The second kappa shape index (κ2) is 23.5. The highest BCUT2D eigenvalue weighted by Gasteiger charge is 2.55. The van der Waals surface area contributed by atoms with Gasteiger partial charge in [0.2, 0.25) is 0 Å². The molecule has 6 fully saturated rings. The normalized spacial score (nSPS) is 53.4. The third-order valence-electron chi connectivity index (χ3n) is 12.4. The maximum Gasteiger partial charge on any atom is 0.187 e. The predicted molar refractivity (Wildman–Crippen MR) is 199 cm³/mol. The summed E-state index contributed by atoms with van der Waals surface area (Å²) in [5.41, 5.74) is 0. The summed E-state index contributed by atoms with van der Waals surface area (Å²) >= 11 is 0. The van der Waals surface area contributed by atoms with E-state index >= 15 is 0 Å². The van der Waals surface area contributed by atoms with Crippen LogP contribution in [-0.2, 0) is 52.1 Å². The first-order valence-corrected chi connectivity index (χ1v) is 21.1. The Bertz CT molecular complexity index is 1510. The Morgan fingerprint density at radius 2 is 0.537 bits per heavy atom. The summed E-state index contributed by atoms with van der Waals surface area (Å²) in [5.74, 6) is 0. The molecule has 0 aliphatic carbocycles. The molecule has 0 spiro atoms. The number of aliphatic hydroxyl groups excluding tert-OH is 20. The summed E-state index contributed by atoms with van der Waals surface area (Å²) in [6.45, 7) is -5.28. The maximum absolute atomic E-state index is 11.4. The molecule has 392 valence electrons. The molecular formula is C36H62O31. The van der Waals surface area contributed by atoms with Gasteiger partial charge in [-0.1, -0.05) is 0 Å². The largest absolute Gasteiger partial charge is 0.394 e. The summed E-state index contributed by atoms with van der Waals surface area (Å²) in [7, 11) is 0. The van der Waals surface area contributed by atoms with Gasteiger partial charge in [0.15, 0.2) is 37.7 Å². The van der Waals surface area contributed by atoms with E-state index < -0.39 is 224 Å². The third kappa shape index (κ3) is 11.5. The van der Waals surface area contributed by atoms with Gasteiger partial charge in [-0.05, 0) is 0 Å². The van der Waals surface area contributed by atoms with Crippen molar-refractivity contribution in [2.45, 2.75) is 184 Å². The zero-order valence-corrected chi connectivity index (χ0v) is 35.0. The Balaban J connectivity index is 1.13. The van der Waals surface area contributed by atoms with Crippen molar-refractivity contribution in [3.05, 3.63) is 0 Å². The van der Waals surface area contributed by atoms with Gasteiger partial charge < -0.3 is 154 Å². The van der Waals surface area contributed by atoms with Crippen LogP contribution in [0.4, 0.5) is 0 Å². The Kier molecular flexibility index (Phi) is 19.4. The summed E-state index contributed by atoms with van der Waals surface area (Å²) in [6, 6.07) is 0. The molecule has 0 unspecified atom stereocenters. The molecule has 30 atom stereocenters. The number of rotatable bonds is 16. The summed E-state index contributed by atoms with van der Waals surface area (Å²) in [6.07, 6.45) is -56.9. The fraction of sp³-hybridized carbons (Fsp3) is 1.00. The van der Waals surface area contributed by atoms with Crippen LogP contribution in [0.5, 0.6) is 0 Å². The maximum atomic E-state index is 11.4. The molecule has 6 aliphatic heterocycles. The molecular weight excluding hydrogens is 928 g/mol. The minimum Gasteiger partial charge on any atom is -0.394 e. The molecule has 0 amide bonds. The van der Waals surface area contributed by atoms with E-state index in [1.807, 2.05) is 0 Å². The van der Waals surface area contributed by atoms with E-state index in [1.54, 1.807) is 0 Å². The Morgan fingerprint density at radius 1 is 0.254 bits per heavy atom.